The zero-order chi connectivity index (χ0) is 21.5. The van der Waals surface area contributed by atoms with Crippen LogP contribution in [0.4, 0.5) is 8.78 Å². The van der Waals surface area contributed by atoms with Gasteiger partial charge in [0.05, 0.1) is 0 Å². The third kappa shape index (κ3) is 11.1. The maximum atomic E-state index is 13.9. The number of hydrogen-bond acceptors (Lipinski definition) is 2. The Labute approximate surface area is 174 Å². The first-order valence-electron chi connectivity index (χ1n) is 11.3. The van der Waals surface area contributed by atoms with E-state index in [1.807, 2.05) is 0 Å². The molecule has 166 valence electrons. The maximum Gasteiger partial charge on any atom is 0.279 e. The van der Waals surface area contributed by atoms with Crippen LogP contribution in [0, 0.1) is 0 Å². The van der Waals surface area contributed by atoms with Gasteiger partial charge < -0.3 is 10.6 Å². The third-order valence-corrected chi connectivity index (χ3v) is 5.30. The summed E-state index contributed by atoms with van der Waals surface area (Å²) in [5, 5.41) is 5.35. The van der Waals surface area contributed by atoms with Crippen LogP contribution in [0.5, 0.6) is 0 Å². The lowest BCUT2D eigenvalue weighted by Crippen LogP contribution is -2.37. The maximum absolute atomic E-state index is 13.9. The molecule has 0 aromatic carbocycles. The Morgan fingerprint density at radius 3 is 1.55 bits per heavy atom. The van der Waals surface area contributed by atoms with Gasteiger partial charge in [-0.05, 0) is 57.1 Å². The first kappa shape index (κ1) is 25.3. The highest BCUT2D eigenvalue weighted by Crippen LogP contribution is 2.20. The van der Waals surface area contributed by atoms with E-state index in [0.717, 1.165) is 51.4 Å². The molecule has 0 aromatic heterocycles. The second-order valence-electron chi connectivity index (χ2n) is 7.96. The molecule has 0 spiro atoms. The molecule has 2 amide bonds. The minimum absolute atomic E-state index is 0.201. The number of amides is 2. The molecule has 0 radical (unpaired) electrons. The third-order valence-electron chi connectivity index (χ3n) is 5.30. The smallest absolute Gasteiger partial charge is 0.279 e. The summed E-state index contributed by atoms with van der Waals surface area (Å²) < 4.78 is 27.8. The number of carbonyl (C=O) groups excluding carboxylic acids is 2. The van der Waals surface area contributed by atoms with Crippen molar-refractivity contribution in [2.75, 3.05) is 0 Å². The van der Waals surface area contributed by atoms with Gasteiger partial charge in [0.2, 0.25) is 0 Å². The summed E-state index contributed by atoms with van der Waals surface area (Å²) >= 11 is 0. The number of unbranched alkanes of at least 4 members (excludes halogenated alkanes) is 8. The summed E-state index contributed by atoms with van der Waals surface area (Å²) in [6.45, 7) is 4.22. The van der Waals surface area contributed by atoms with E-state index in [2.05, 4.69) is 24.5 Å². The van der Waals surface area contributed by atoms with Crippen LogP contribution in [0.15, 0.2) is 23.8 Å². The van der Waals surface area contributed by atoms with E-state index in [-0.39, 0.29) is 12.1 Å². The summed E-state index contributed by atoms with van der Waals surface area (Å²) in [6.07, 6.45) is 13.9. The van der Waals surface area contributed by atoms with Crippen LogP contribution in [-0.2, 0) is 9.59 Å². The summed E-state index contributed by atoms with van der Waals surface area (Å²) in [5.41, 5.74) is 0. The summed E-state index contributed by atoms with van der Waals surface area (Å²) in [7, 11) is 0. The van der Waals surface area contributed by atoms with E-state index in [0.29, 0.717) is 32.1 Å². The van der Waals surface area contributed by atoms with Gasteiger partial charge in [-0.2, -0.15) is 0 Å². The molecular weight excluding hydrogens is 374 g/mol. The van der Waals surface area contributed by atoms with Crippen LogP contribution in [-0.4, -0.2) is 23.9 Å². The normalized spacial score (nSPS) is 20.0. The second-order valence-corrected chi connectivity index (χ2v) is 7.96. The van der Waals surface area contributed by atoms with Crippen LogP contribution in [0.3, 0.4) is 0 Å². The number of nitrogens with one attached hydrogen (secondary N) is 2. The van der Waals surface area contributed by atoms with Gasteiger partial charge in [-0.1, -0.05) is 52.4 Å². The van der Waals surface area contributed by atoms with Crippen LogP contribution in [0.25, 0.3) is 0 Å². The Balaban J connectivity index is 2.30. The standard InChI is InChI=1S/C23H38F2N2O2/c1-3-5-7-9-11-13-20(24)22(28)26-18-15-16-19(17-18)27-23(29)21(25)14-12-10-8-6-4-2/h13-14,18-19H,3-12,15-17H2,1-2H3,(H,26,28)(H,27,29)/b20-13-,21-14+/t18-,19+/m1/s1. The van der Waals surface area contributed by atoms with Gasteiger partial charge in [-0.3, -0.25) is 9.59 Å². The summed E-state index contributed by atoms with van der Waals surface area (Å²) in [5.74, 6) is -2.89. The number of halogens is 2. The van der Waals surface area contributed by atoms with E-state index >= 15 is 0 Å². The average molecular weight is 413 g/mol. The molecule has 0 aliphatic heterocycles. The fourth-order valence-corrected chi connectivity index (χ4v) is 3.54. The lowest BCUT2D eigenvalue weighted by atomic mass is 10.1. The van der Waals surface area contributed by atoms with Crippen molar-refractivity contribution in [2.24, 2.45) is 0 Å². The molecule has 1 saturated carbocycles. The van der Waals surface area contributed by atoms with Gasteiger partial charge in [-0.15, -0.1) is 0 Å². The minimum Gasteiger partial charge on any atom is -0.347 e. The topological polar surface area (TPSA) is 58.2 Å². The molecule has 2 atom stereocenters. The molecule has 4 nitrogen and oxygen atoms in total. The van der Waals surface area contributed by atoms with Gasteiger partial charge >= 0.3 is 0 Å². The summed E-state index contributed by atoms with van der Waals surface area (Å²) in [4.78, 5) is 23.9. The molecule has 29 heavy (non-hydrogen) atoms. The van der Waals surface area contributed by atoms with E-state index in [1.165, 1.54) is 12.2 Å². The van der Waals surface area contributed by atoms with Crippen molar-refractivity contribution in [1.82, 2.24) is 10.6 Å². The highest BCUT2D eigenvalue weighted by molar-refractivity contribution is 5.92. The van der Waals surface area contributed by atoms with Crippen molar-refractivity contribution in [3.63, 3.8) is 0 Å². The molecule has 1 aliphatic rings. The fraction of sp³-hybridized carbons (Fsp3) is 0.739. The largest absolute Gasteiger partial charge is 0.347 e. The van der Waals surface area contributed by atoms with Crippen molar-refractivity contribution < 1.29 is 18.4 Å². The molecule has 0 aromatic rings. The Kier molecular flexibility index (Phi) is 13.2. The predicted molar refractivity (Wildman–Crippen MR) is 114 cm³/mol. The lowest BCUT2D eigenvalue weighted by molar-refractivity contribution is -0.119. The van der Waals surface area contributed by atoms with Crippen molar-refractivity contribution in [3.8, 4) is 0 Å². The summed E-state index contributed by atoms with van der Waals surface area (Å²) in [6, 6.07) is -0.402. The molecule has 1 aliphatic carbocycles. The molecule has 0 saturated heterocycles. The Hall–Kier alpha value is -1.72. The van der Waals surface area contributed by atoms with Crippen molar-refractivity contribution in [2.45, 2.75) is 109 Å². The average Bonchev–Trinajstić information content (AvgIpc) is 3.13. The molecule has 1 rings (SSSR count). The number of rotatable bonds is 14. The van der Waals surface area contributed by atoms with Crippen LogP contribution in [0.1, 0.15) is 97.3 Å². The molecule has 2 N–H and O–H groups in total. The SMILES string of the molecule is CCCCCC/C=C(\F)C(=O)N[C@@H]1CC[C@H](NC(=O)/C(F)=C\CCCCCC)C1. The molecule has 0 heterocycles. The fourth-order valence-electron chi connectivity index (χ4n) is 3.54. The molecular formula is C23H38F2N2O2. The van der Waals surface area contributed by atoms with Gasteiger partial charge in [0.1, 0.15) is 0 Å². The van der Waals surface area contributed by atoms with Crippen molar-refractivity contribution in [1.29, 1.82) is 0 Å². The highest BCUT2D eigenvalue weighted by Gasteiger charge is 2.28. The molecule has 1 fully saturated rings. The zero-order valence-electron chi connectivity index (χ0n) is 18.1. The van der Waals surface area contributed by atoms with E-state index in [4.69, 9.17) is 0 Å². The molecule has 6 heteroatoms. The monoisotopic (exact) mass is 412 g/mol. The van der Waals surface area contributed by atoms with Crippen molar-refractivity contribution in [3.05, 3.63) is 23.8 Å². The van der Waals surface area contributed by atoms with Crippen LogP contribution in [0.2, 0.25) is 0 Å². The van der Waals surface area contributed by atoms with E-state index in [1.54, 1.807) is 0 Å². The first-order valence-corrected chi connectivity index (χ1v) is 11.3. The molecule has 0 unspecified atom stereocenters. The first-order chi connectivity index (χ1) is 14.0. The minimum atomic E-state index is -0.744. The lowest BCUT2D eigenvalue weighted by Gasteiger charge is -2.14. The van der Waals surface area contributed by atoms with Gasteiger partial charge in [0, 0.05) is 12.1 Å². The van der Waals surface area contributed by atoms with Crippen molar-refractivity contribution >= 4 is 11.8 Å². The quantitative estimate of drug-likeness (QED) is 0.280. The Morgan fingerprint density at radius 2 is 1.17 bits per heavy atom. The van der Waals surface area contributed by atoms with Crippen LogP contribution >= 0.6 is 0 Å². The van der Waals surface area contributed by atoms with Gasteiger partial charge in [0.15, 0.2) is 11.7 Å². The number of hydrogen-bond donors (Lipinski definition) is 2. The van der Waals surface area contributed by atoms with Crippen LogP contribution < -0.4 is 10.6 Å². The zero-order valence-corrected chi connectivity index (χ0v) is 18.1. The van der Waals surface area contributed by atoms with E-state index < -0.39 is 23.5 Å². The Morgan fingerprint density at radius 1 is 0.759 bits per heavy atom. The predicted octanol–water partition coefficient (Wildman–Crippen LogP) is 5.79. The van der Waals surface area contributed by atoms with E-state index in [9.17, 15) is 18.4 Å². The number of carbonyl (C=O) groups is 2. The second kappa shape index (κ2) is 15.2. The Bertz CT molecular complexity index is 513. The molecule has 0 bridgehead atoms. The highest BCUT2D eigenvalue weighted by atomic mass is 19.1. The van der Waals surface area contributed by atoms with Gasteiger partial charge in [0.25, 0.3) is 11.8 Å². The number of allylic oxidation sites excluding steroid dienone is 2. The van der Waals surface area contributed by atoms with Gasteiger partial charge in [-0.25, -0.2) is 8.78 Å².